The van der Waals surface area contributed by atoms with Crippen LogP contribution >= 0.6 is 0 Å². The minimum absolute atomic E-state index is 0.972. The van der Waals surface area contributed by atoms with Crippen LogP contribution in [0.1, 0.15) is 40.0 Å². The average Bonchev–Trinajstić information content (AvgIpc) is 1.66. The maximum atomic E-state index is 8.89. The summed E-state index contributed by atoms with van der Waals surface area (Å²) in [6, 6.07) is 0. The van der Waals surface area contributed by atoms with Gasteiger partial charge in [0.2, 0.25) is 0 Å². The van der Waals surface area contributed by atoms with E-state index in [4.69, 9.17) is 9.90 Å². The Morgan fingerprint density at radius 3 is 1.56 bits per heavy atom. The van der Waals surface area contributed by atoms with E-state index in [9.17, 15) is 0 Å². The molecule has 0 aromatic carbocycles. The normalized spacial score (nSPS) is 7.44. The molecule has 0 saturated carbocycles. The van der Waals surface area contributed by atoms with Crippen LogP contribution in [0.15, 0.2) is 0 Å². The van der Waals surface area contributed by atoms with Crippen LogP contribution < -0.4 is 5.11 Å². The molecule has 0 amide bonds. The molecule has 0 fully saturated rings. The monoisotopic (exact) mass is 131 g/mol. The third kappa shape index (κ3) is 103. The molecule has 0 bridgehead atoms. The molecule has 0 N–H and O–H groups in total. The van der Waals surface area contributed by atoms with E-state index in [-0.39, 0.29) is 0 Å². The summed E-state index contributed by atoms with van der Waals surface area (Å²) >= 11 is 0. The molecule has 0 aliphatic carbocycles. The van der Waals surface area contributed by atoms with E-state index in [1.165, 1.54) is 19.3 Å². The summed E-state index contributed by atoms with van der Waals surface area (Å²) in [5, 5.41) is 8.89. The zero-order valence-electron chi connectivity index (χ0n) is 6.44. The first-order chi connectivity index (χ1) is 4.15. The number of hydrogen-bond acceptors (Lipinski definition) is 2. The molecule has 0 rings (SSSR count). The molecule has 0 saturated heterocycles. The Morgan fingerprint density at radius 2 is 1.56 bits per heavy atom. The third-order valence-corrected chi connectivity index (χ3v) is 0.707. The van der Waals surface area contributed by atoms with Gasteiger partial charge in [-0.15, -0.1) is 0 Å². The van der Waals surface area contributed by atoms with Crippen molar-refractivity contribution < 1.29 is 9.90 Å². The molecule has 0 aliphatic rings. The smallest absolute Gasteiger partial charge is 0.0383 e. The molecular formula is C7H15O2-. The molecule has 0 spiro atoms. The zero-order chi connectivity index (χ0) is 7.70. The maximum absolute atomic E-state index is 8.89. The highest BCUT2D eigenvalue weighted by Gasteiger charge is 1.68. The summed E-state index contributed by atoms with van der Waals surface area (Å²) in [4.78, 5) is 8.89. The van der Waals surface area contributed by atoms with Gasteiger partial charge in [-0.1, -0.05) is 33.1 Å². The average molecular weight is 131 g/mol. The van der Waals surface area contributed by atoms with Crippen molar-refractivity contribution in [2.24, 2.45) is 0 Å². The van der Waals surface area contributed by atoms with Gasteiger partial charge >= 0.3 is 0 Å². The molecule has 9 heavy (non-hydrogen) atoms. The van der Waals surface area contributed by atoms with E-state index >= 15 is 0 Å². The molecule has 0 aromatic heterocycles. The molecule has 56 valence electrons. The molecule has 0 heterocycles. The van der Waals surface area contributed by atoms with Crippen molar-refractivity contribution >= 4 is 5.97 Å². The first kappa shape index (κ1) is 11.3. The van der Waals surface area contributed by atoms with Gasteiger partial charge in [-0.05, 0) is 6.92 Å². The number of carbonyl (C=O) groups is 1. The Labute approximate surface area is 56.9 Å². The van der Waals surface area contributed by atoms with E-state index < -0.39 is 5.97 Å². The zero-order valence-corrected chi connectivity index (χ0v) is 6.44. The highest BCUT2D eigenvalue weighted by Crippen LogP contribution is 1.88. The summed E-state index contributed by atoms with van der Waals surface area (Å²) in [5.74, 6) is -1.08. The fourth-order valence-corrected chi connectivity index (χ4v) is 0.354. The fraction of sp³-hybridized carbons (Fsp3) is 0.857. The van der Waals surface area contributed by atoms with Crippen LogP contribution in [0.3, 0.4) is 0 Å². The molecule has 0 unspecified atom stereocenters. The summed E-state index contributed by atoms with van der Waals surface area (Å²) in [5.41, 5.74) is 0. The van der Waals surface area contributed by atoms with Crippen molar-refractivity contribution in [1.29, 1.82) is 0 Å². The SMILES string of the molecule is CC(=O)[O-].CCCCC. The Balaban J connectivity index is 0. The predicted molar refractivity (Wildman–Crippen MR) is 35.9 cm³/mol. The molecule has 0 aliphatic heterocycles. The lowest BCUT2D eigenvalue weighted by Gasteiger charge is -1.79. The van der Waals surface area contributed by atoms with E-state index in [0.29, 0.717) is 0 Å². The van der Waals surface area contributed by atoms with E-state index in [2.05, 4.69) is 13.8 Å². The lowest BCUT2D eigenvalue weighted by molar-refractivity contribution is -0.302. The van der Waals surface area contributed by atoms with Gasteiger partial charge in [0.1, 0.15) is 0 Å². The van der Waals surface area contributed by atoms with Gasteiger partial charge in [-0.3, -0.25) is 0 Å². The Morgan fingerprint density at radius 1 is 1.33 bits per heavy atom. The number of carboxylic acid groups (broad SMARTS) is 1. The first-order valence-corrected chi connectivity index (χ1v) is 3.32. The van der Waals surface area contributed by atoms with Crippen LogP contribution in [0.25, 0.3) is 0 Å². The van der Waals surface area contributed by atoms with Gasteiger partial charge in [-0.25, -0.2) is 0 Å². The van der Waals surface area contributed by atoms with Crippen molar-refractivity contribution in [3.05, 3.63) is 0 Å². The highest BCUT2D eigenvalue weighted by atomic mass is 16.4. The van der Waals surface area contributed by atoms with Crippen LogP contribution in [0, 0.1) is 0 Å². The minimum atomic E-state index is -1.08. The molecule has 0 atom stereocenters. The molecule has 0 radical (unpaired) electrons. The van der Waals surface area contributed by atoms with E-state index in [1.807, 2.05) is 0 Å². The van der Waals surface area contributed by atoms with Gasteiger partial charge in [0.15, 0.2) is 0 Å². The Kier molecular flexibility index (Phi) is 13.1. The van der Waals surface area contributed by atoms with Crippen LogP contribution in [0.5, 0.6) is 0 Å². The van der Waals surface area contributed by atoms with Crippen LogP contribution in [-0.4, -0.2) is 5.97 Å². The van der Waals surface area contributed by atoms with Gasteiger partial charge in [-0.2, -0.15) is 0 Å². The van der Waals surface area contributed by atoms with E-state index in [1.54, 1.807) is 0 Å². The fourth-order valence-electron chi connectivity index (χ4n) is 0.354. The molecule has 2 nitrogen and oxygen atoms in total. The number of rotatable bonds is 2. The van der Waals surface area contributed by atoms with Gasteiger partial charge in [0.05, 0.1) is 0 Å². The Bertz CT molecular complexity index is 53.9. The summed E-state index contributed by atoms with van der Waals surface area (Å²) < 4.78 is 0. The van der Waals surface area contributed by atoms with Crippen molar-refractivity contribution in [3.63, 3.8) is 0 Å². The summed E-state index contributed by atoms with van der Waals surface area (Å²) in [6.45, 7) is 5.40. The molecular weight excluding hydrogens is 116 g/mol. The summed E-state index contributed by atoms with van der Waals surface area (Å²) in [7, 11) is 0. The van der Waals surface area contributed by atoms with Crippen LogP contribution in [0.2, 0.25) is 0 Å². The second-order valence-corrected chi connectivity index (χ2v) is 1.85. The minimum Gasteiger partial charge on any atom is -0.550 e. The van der Waals surface area contributed by atoms with Crippen LogP contribution in [0.4, 0.5) is 0 Å². The van der Waals surface area contributed by atoms with E-state index in [0.717, 1.165) is 6.92 Å². The largest absolute Gasteiger partial charge is 0.550 e. The van der Waals surface area contributed by atoms with Crippen molar-refractivity contribution in [2.45, 2.75) is 40.0 Å². The number of carbonyl (C=O) groups excluding carboxylic acids is 1. The highest BCUT2D eigenvalue weighted by molar-refractivity contribution is 5.60. The second kappa shape index (κ2) is 10.5. The first-order valence-electron chi connectivity index (χ1n) is 3.32. The van der Waals surface area contributed by atoms with Crippen molar-refractivity contribution in [1.82, 2.24) is 0 Å². The predicted octanol–water partition coefficient (Wildman–Crippen LogP) is 0.953. The van der Waals surface area contributed by atoms with Gasteiger partial charge < -0.3 is 9.90 Å². The number of carboxylic acids is 1. The van der Waals surface area contributed by atoms with Gasteiger partial charge in [0, 0.05) is 5.97 Å². The molecule has 0 aromatic rings. The van der Waals surface area contributed by atoms with Crippen LogP contribution in [-0.2, 0) is 4.79 Å². The van der Waals surface area contributed by atoms with Crippen molar-refractivity contribution in [3.8, 4) is 0 Å². The topological polar surface area (TPSA) is 40.1 Å². The number of hydrogen-bond donors (Lipinski definition) is 0. The lowest BCUT2D eigenvalue weighted by Crippen LogP contribution is -2.16. The third-order valence-electron chi connectivity index (χ3n) is 0.707. The number of aliphatic carboxylic acids is 1. The second-order valence-electron chi connectivity index (χ2n) is 1.85. The quantitative estimate of drug-likeness (QED) is 0.559. The Hall–Kier alpha value is -0.530. The number of unbranched alkanes of at least 4 members (excludes halogenated alkanes) is 2. The summed E-state index contributed by atoms with van der Waals surface area (Å²) in [6.07, 6.45) is 4.08. The maximum Gasteiger partial charge on any atom is 0.0383 e. The lowest BCUT2D eigenvalue weighted by atomic mass is 10.3. The van der Waals surface area contributed by atoms with Crippen molar-refractivity contribution in [2.75, 3.05) is 0 Å². The molecule has 2 heteroatoms. The standard InChI is InChI=1S/C5H12.C2H4O2/c1-3-5-4-2;1-2(3)4/h3-5H2,1-2H3;1H3,(H,3,4)/p-1. The van der Waals surface area contributed by atoms with Gasteiger partial charge in [0.25, 0.3) is 0 Å².